The lowest BCUT2D eigenvalue weighted by molar-refractivity contribution is -0.136. The molecule has 0 aromatic carbocycles. The van der Waals surface area contributed by atoms with Crippen LogP contribution < -0.4 is 5.56 Å². The Kier molecular flexibility index (Phi) is 5.06. The average Bonchev–Trinajstić information content (AvgIpc) is 3.26. The summed E-state index contributed by atoms with van der Waals surface area (Å²) in [5, 5.41) is 0. The van der Waals surface area contributed by atoms with Crippen molar-refractivity contribution in [1.29, 1.82) is 0 Å². The van der Waals surface area contributed by atoms with Gasteiger partial charge in [-0.1, -0.05) is 13.3 Å². The van der Waals surface area contributed by atoms with E-state index in [-0.39, 0.29) is 17.5 Å². The van der Waals surface area contributed by atoms with E-state index in [0.717, 1.165) is 18.4 Å². The van der Waals surface area contributed by atoms with Gasteiger partial charge in [-0.15, -0.1) is 0 Å². The third-order valence-corrected chi connectivity index (χ3v) is 5.15. The summed E-state index contributed by atoms with van der Waals surface area (Å²) >= 11 is 0. The minimum Gasteiger partial charge on any atom is -0.342 e. The van der Waals surface area contributed by atoms with Crippen LogP contribution in [0.25, 0.3) is 11.4 Å². The van der Waals surface area contributed by atoms with Gasteiger partial charge in [0.25, 0.3) is 5.56 Å². The Bertz CT molecular complexity index is 1010. The summed E-state index contributed by atoms with van der Waals surface area (Å²) in [7, 11) is 0. The van der Waals surface area contributed by atoms with Crippen LogP contribution in [0, 0.1) is 0 Å². The Morgan fingerprint density at radius 1 is 1.29 bits per heavy atom. The fourth-order valence-electron chi connectivity index (χ4n) is 3.71. The van der Waals surface area contributed by atoms with Gasteiger partial charge in [0.15, 0.2) is 0 Å². The Balaban J connectivity index is 1.62. The van der Waals surface area contributed by atoms with E-state index >= 15 is 0 Å². The molecule has 0 fully saturated rings. The monoisotopic (exact) mass is 377 g/mol. The van der Waals surface area contributed by atoms with Gasteiger partial charge in [0.1, 0.15) is 11.9 Å². The first kappa shape index (κ1) is 18.2. The molecule has 0 spiro atoms. The molecule has 3 aromatic heterocycles. The summed E-state index contributed by atoms with van der Waals surface area (Å²) in [5.41, 5.74) is 1.96. The molecule has 0 radical (unpaired) electrons. The summed E-state index contributed by atoms with van der Waals surface area (Å²) in [6.07, 6.45) is 9.42. The number of nitrogens with one attached hydrogen (secondary N) is 1. The smallest absolute Gasteiger partial charge is 0.254 e. The van der Waals surface area contributed by atoms with E-state index in [0.29, 0.717) is 36.6 Å². The number of hydrogen-bond acceptors (Lipinski definition) is 4. The van der Waals surface area contributed by atoms with Gasteiger partial charge >= 0.3 is 0 Å². The van der Waals surface area contributed by atoms with Crippen LogP contribution in [0.5, 0.6) is 0 Å². The SMILES string of the molecule is CCC[C@H](C(=O)N1CCc2c(nc(-c3cccnc3)[nH]c2=O)C1)n1cccc1. The highest BCUT2D eigenvalue weighted by molar-refractivity contribution is 5.80. The van der Waals surface area contributed by atoms with Crippen LogP contribution in [-0.4, -0.2) is 36.9 Å². The number of aromatic amines is 1. The van der Waals surface area contributed by atoms with E-state index in [2.05, 4.69) is 21.9 Å². The number of H-pyrrole nitrogens is 1. The Labute approximate surface area is 163 Å². The number of nitrogens with zero attached hydrogens (tertiary/aromatic N) is 4. The lowest BCUT2D eigenvalue weighted by Crippen LogP contribution is -2.42. The molecule has 0 bridgehead atoms. The van der Waals surface area contributed by atoms with Gasteiger partial charge in [0.05, 0.1) is 12.2 Å². The molecule has 0 saturated heterocycles. The lowest BCUT2D eigenvalue weighted by Gasteiger charge is -2.31. The van der Waals surface area contributed by atoms with E-state index in [9.17, 15) is 9.59 Å². The summed E-state index contributed by atoms with van der Waals surface area (Å²) in [6.45, 7) is 2.97. The second-order valence-electron chi connectivity index (χ2n) is 7.03. The number of carbonyl (C=O) groups excluding carboxylic acids is 1. The number of aromatic nitrogens is 4. The number of amides is 1. The second kappa shape index (κ2) is 7.80. The minimum atomic E-state index is -0.221. The van der Waals surface area contributed by atoms with Crippen molar-refractivity contribution < 1.29 is 4.79 Å². The highest BCUT2D eigenvalue weighted by atomic mass is 16.2. The van der Waals surface area contributed by atoms with E-state index in [1.54, 1.807) is 18.5 Å². The van der Waals surface area contributed by atoms with Crippen molar-refractivity contribution in [3.63, 3.8) is 0 Å². The van der Waals surface area contributed by atoms with Crippen molar-refractivity contribution in [2.45, 2.75) is 38.8 Å². The van der Waals surface area contributed by atoms with Crippen molar-refractivity contribution in [2.75, 3.05) is 6.54 Å². The number of fused-ring (bicyclic) bond motifs is 1. The van der Waals surface area contributed by atoms with Crippen LogP contribution in [0.4, 0.5) is 0 Å². The van der Waals surface area contributed by atoms with Crippen molar-refractivity contribution >= 4 is 5.91 Å². The maximum absolute atomic E-state index is 13.2. The number of hydrogen-bond donors (Lipinski definition) is 1. The Morgan fingerprint density at radius 2 is 2.11 bits per heavy atom. The Hall–Kier alpha value is -3.22. The van der Waals surface area contributed by atoms with Crippen LogP contribution in [0.15, 0.2) is 53.8 Å². The van der Waals surface area contributed by atoms with Gasteiger partial charge in [0.2, 0.25) is 5.91 Å². The number of carbonyl (C=O) groups is 1. The van der Waals surface area contributed by atoms with Crippen molar-refractivity contribution in [1.82, 2.24) is 24.4 Å². The topological polar surface area (TPSA) is 83.9 Å². The molecule has 0 saturated carbocycles. The van der Waals surface area contributed by atoms with Crippen LogP contribution >= 0.6 is 0 Å². The van der Waals surface area contributed by atoms with Gasteiger partial charge in [-0.05, 0) is 37.1 Å². The van der Waals surface area contributed by atoms with E-state index < -0.39 is 0 Å². The standard InChI is InChI=1S/C21H23N5O2/c1-2-6-18(25-10-3-4-11-25)21(28)26-12-8-16-17(14-26)23-19(24-20(16)27)15-7-5-9-22-13-15/h3-5,7,9-11,13,18H,2,6,8,12,14H2,1H3,(H,23,24,27)/t18-/m1/s1. The largest absolute Gasteiger partial charge is 0.342 e. The molecule has 0 aliphatic carbocycles. The highest BCUT2D eigenvalue weighted by Gasteiger charge is 2.29. The predicted octanol–water partition coefficient (Wildman–Crippen LogP) is 2.56. The molecular formula is C21H23N5O2. The highest BCUT2D eigenvalue weighted by Crippen LogP contribution is 2.23. The molecule has 1 amide bonds. The molecule has 28 heavy (non-hydrogen) atoms. The zero-order chi connectivity index (χ0) is 19.5. The van der Waals surface area contributed by atoms with Crippen LogP contribution in [0.1, 0.15) is 37.1 Å². The zero-order valence-electron chi connectivity index (χ0n) is 15.8. The summed E-state index contributed by atoms with van der Waals surface area (Å²) in [4.78, 5) is 39.2. The average molecular weight is 377 g/mol. The summed E-state index contributed by atoms with van der Waals surface area (Å²) in [6, 6.07) is 7.30. The molecule has 1 N–H and O–H groups in total. The van der Waals surface area contributed by atoms with E-state index in [4.69, 9.17) is 0 Å². The third-order valence-electron chi connectivity index (χ3n) is 5.15. The fraction of sp³-hybridized carbons (Fsp3) is 0.333. The van der Waals surface area contributed by atoms with Gasteiger partial charge in [0, 0.05) is 42.5 Å². The van der Waals surface area contributed by atoms with Gasteiger partial charge in [-0.2, -0.15) is 0 Å². The minimum absolute atomic E-state index is 0.0775. The van der Waals surface area contributed by atoms with Crippen molar-refractivity contribution in [3.05, 3.63) is 70.7 Å². The zero-order valence-corrected chi connectivity index (χ0v) is 15.8. The van der Waals surface area contributed by atoms with E-state index in [1.807, 2.05) is 40.1 Å². The molecule has 1 aliphatic heterocycles. The van der Waals surface area contributed by atoms with E-state index in [1.165, 1.54) is 0 Å². The quantitative estimate of drug-likeness (QED) is 0.741. The van der Waals surface area contributed by atoms with Crippen LogP contribution in [0.3, 0.4) is 0 Å². The number of pyridine rings is 1. The molecule has 3 aromatic rings. The van der Waals surface area contributed by atoms with Crippen molar-refractivity contribution in [3.8, 4) is 11.4 Å². The predicted molar refractivity (Wildman–Crippen MR) is 106 cm³/mol. The molecule has 0 unspecified atom stereocenters. The molecule has 1 aliphatic rings. The molecule has 4 rings (SSSR count). The molecule has 1 atom stereocenters. The first-order valence-electron chi connectivity index (χ1n) is 9.61. The first-order chi connectivity index (χ1) is 13.7. The summed E-state index contributed by atoms with van der Waals surface area (Å²) in [5.74, 6) is 0.565. The van der Waals surface area contributed by atoms with Gasteiger partial charge in [-0.3, -0.25) is 14.6 Å². The molecule has 7 heteroatoms. The number of rotatable bonds is 5. The lowest BCUT2D eigenvalue weighted by atomic mass is 10.0. The van der Waals surface area contributed by atoms with Crippen LogP contribution in [-0.2, 0) is 17.8 Å². The normalized spacial score (nSPS) is 14.5. The molecule has 4 heterocycles. The summed E-state index contributed by atoms with van der Waals surface area (Å²) < 4.78 is 1.97. The van der Waals surface area contributed by atoms with Gasteiger partial charge < -0.3 is 14.5 Å². The maximum Gasteiger partial charge on any atom is 0.254 e. The van der Waals surface area contributed by atoms with Gasteiger partial charge in [-0.25, -0.2) is 4.98 Å². The molecular weight excluding hydrogens is 354 g/mol. The maximum atomic E-state index is 13.2. The third kappa shape index (κ3) is 3.47. The Morgan fingerprint density at radius 3 is 2.82 bits per heavy atom. The van der Waals surface area contributed by atoms with Crippen LogP contribution in [0.2, 0.25) is 0 Å². The second-order valence-corrected chi connectivity index (χ2v) is 7.03. The molecule has 144 valence electrons. The fourth-order valence-corrected chi connectivity index (χ4v) is 3.71. The molecule has 7 nitrogen and oxygen atoms in total. The first-order valence-corrected chi connectivity index (χ1v) is 9.61. The van der Waals surface area contributed by atoms with Crippen molar-refractivity contribution in [2.24, 2.45) is 0 Å².